The third-order valence-corrected chi connectivity index (χ3v) is 1.40. The Morgan fingerprint density at radius 2 is 1.88 bits per heavy atom. The molecule has 1 aliphatic heterocycles. The lowest BCUT2D eigenvalue weighted by Crippen LogP contribution is -2.19. The van der Waals surface area contributed by atoms with Gasteiger partial charge in [0.05, 0.1) is 6.61 Å². The number of methoxy groups -OCH3 is 1. The number of esters is 1. The third kappa shape index (κ3) is 7.69. The highest BCUT2D eigenvalue weighted by atomic mass is 16.6. The molecule has 1 aliphatic rings. The van der Waals surface area contributed by atoms with Crippen molar-refractivity contribution in [3.63, 3.8) is 0 Å². The Balaban J connectivity index is 0.000000288. The van der Waals surface area contributed by atoms with Crippen LogP contribution >= 0.6 is 0 Å². The highest BCUT2D eigenvalue weighted by Crippen LogP contribution is 1.90. The zero-order chi connectivity index (χ0) is 12.6. The average Bonchev–Trinajstić information content (AvgIpc) is 2.50. The molecule has 0 saturated heterocycles. The van der Waals surface area contributed by atoms with Crippen molar-refractivity contribution < 1.29 is 23.9 Å². The number of hydrogen-bond acceptors (Lipinski definition) is 5. The van der Waals surface area contributed by atoms with E-state index < -0.39 is 0 Å². The summed E-state index contributed by atoms with van der Waals surface area (Å²) in [6.07, 6.45) is 2.26. The number of hydrogen-bond donors (Lipinski definition) is 1. The molecule has 16 heavy (non-hydrogen) atoms. The molecule has 0 aromatic rings. The summed E-state index contributed by atoms with van der Waals surface area (Å²) in [7, 11) is 1.57. The Bertz CT molecular complexity index is 282. The smallest absolute Gasteiger partial charge is 0.302 e. The van der Waals surface area contributed by atoms with E-state index in [0.717, 1.165) is 0 Å². The van der Waals surface area contributed by atoms with E-state index in [0.29, 0.717) is 6.61 Å². The third-order valence-electron chi connectivity index (χ3n) is 1.40. The zero-order valence-electron chi connectivity index (χ0n) is 9.48. The van der Waals surface area contributed by atoms with Crippen LogP contribution in [-0.2, 0) is 23.9 Å². The molecule has 0 radical (unpaired) electrons. The predicted octanol–water partition coefficient (Wildman–Crippen LogP) is -0.217. The topological polar surface area (TPSA) is 81.7 Å². The summed E-state index contributed by atoms with van der Waals surface area (Å²) < 4.78 is 9.45. The predicted molar refractivity (Wildman–Crippen MR) is 55.4 cm³/mol. The number of rotatable bonds is 3. The molecule has 2 amide bonds. The van der Waals surface area contributed by atoms with Crippen LogP contribution in [0.5, 0.6) is 0 Å². The Hall–Kier alpha value is -1.69. The monoisotopic (exact) mass is 229 g/mol. The lowest BCUT2D eigenvalue weighted by atomic mass is 10.4. The highest BCUT2D eigenvalue weighted by Gasteiger charge is 2.06. The molecule has 6 nitrogen and oxygen atoms in total. The maximum absolute atomic E-state index is 10.3. The number of amides is 2. The van der Waals surface area contributed by atoms with Gasteiger partial charge in [-0.15, -0.1) is 0 Å². The number of ether oxygens (including phenoxy) is 2. The number of nitrogens with one attached hydrogen (secondary N) is 1. The Morgan fingerprint density at radius 3 is 2.12 bits per heavy atom. The molecule has 1 rings (SSSR count). The lowest BCUT2D eigenvalue weighted by molar-refractivity contribution is -0.147. The van der Waals surface area contributed by atoms with Gasteiger partial charge in [0, 0.05) is 26.2 Å². The van der Waals surface area contributed by atoms with Gasteiger partial charge in [-0.3, -0.25) is 19.7 Å². The molecule has 0 aromatic carbocycles. The molecule has 6 heteroatoms. The molecule has 0 bridgehead atoms. The van der Waals surface area contributed by atoms with Crippen molar-refractivity contribution in [2.45, 2.75) is 20.0 Å². The second kappa shape index (κ2) is 7.58. The van der Waals surface area contributed by atoms with Crippen LogP contribution in [0.15, 0.2) is 12.2 Å². The molecule has 0 fully saturated rings. The summed E-state index contributed by atoms with van der Waals surface area (Å²) >= 11 is 0. The molecule has 0 aliphatic carbocycles. The van der Waals surface area contributed by atoms with Gasteiger partial charge in [0.2, 0.25) is 0 Å². The molecular formula is C10H15NO5. The van der Waals surface area contributed by atoms with E-state index in [2.05, 4.69) is 0 Å². The fourth-order valence-corrected chi connectivity index (χ4v) is 0.908. The average molecular weight is 229 g/mol. The van der Waals surface area contributed by atoms with E-state index >= 15 is 0 Å². The SMILES string of the molecule is COCC(C)OC(C)=O.O=C1C=CC(=O)N1. The van der Waals surface area contributed by atoms with Crippen LogP contribution in [0.3, 0.4) is 0 Å². The van der Waals surface area contributed by atoms with Gasteiger partial charge in [-0.25, -0.2) is 0 Å². The van der Waals surface area contributed by atoms with Crippen LogP contribution in [0, 0.1) is 0 Å². The van der Waals surface area contributed by atoms with E-state index in [9.17, 15) is 14.4 Å². The number of imide groups is 1. The lowest BCUT2D eigenvalue weighted by Gasteiger charge is -2.08. The van der Waals surface area contributed by atoms with Crippen molar-refractivity contribution in [1.82, 2.24) is 5.32 Å². The van der Waals surface area contributed by atoms with Gasteiger partial charge < -0.3 is 9.47 Å². The highest BCUT2D eigenvalue weighted by molar-refractivity contribution is 6.12. The first-order valence-corrected chi connectivity index (χ1v) is 4.65. The molecule has 0 spiro atoms. The maximum atomic E-state index is 10.3. The molecule has 0 saturated carbocycles. The van der Waals surface area contributed by atoms with Crippen molar-refractivity contribution in [3.05, 3.63) is 12.2 Å². The summed E-state index contributed by atoms with van der Waals surface area (Å²) in [4.78, 5) is 30.3. The molecule has 1 heterocycles. The molecule has 90 valence electrons. The van der Waals surface area contributed by atoms with Crippen molar-refractivity contribution >= 4 is 17.8 Å². The minimum absolute atomic E-state index is 0.132. The Kier molecular flexibility index (Phi) is 6.78. The molecular weight excluding hydrogens is 214 g/mol. The fraction of sp³-hybridized carbons (Fsp3) is 0.500. The maximum Gasteiger partial charge on any atom is 0.302 e. The van der Waals surface area contributed by atoms with Gasteiger partial charge in [-0.05, 0) is 6.92 Å². The summed E-state index contributed by atoms with van der Waals surface area (Å²) in [6.45, 7) is 3.62. The minimum Gasteiger partial charge on any atom is -0.460 e. The van der Waals surface area contributed by atoms with E-state index in [1.54, 1.807) is 14.0 Å². The second-order valence-corrected chi connectivity index (χ2v) is 3.06. The van der Waals surface area contributed by atoms with Gasteiger partial charge >= 0.3 is 5.97 Å². The largest absolute Gasteiger partial charge is 0.460 e. The first-order valence-electron chi connectivity index (χ1n) is 4.65. The van der Waals surface area contributed by atoms with Crippen molar-refractivity contribution in [2.24, 2.45) is 0 Å². The van der Waals surface area contributed by atoms with Gasteiger partial charge in [-0.1, -0.05) is 0 Å². The van der Waals surface area contributed by atoms with Crippen LogP contribution in [0.4, 0.5) is 0 Å². The summed E-state index contributed by atoms with van der Waals surface area (Å²) in [5, 5.41) is 2.03. The Labute approximate surface area is 93.6 Å². The van der Waals surface area contributed by atoms with Gasteiger partial charge in [0.15, 0.2) is 0 Å². The number of carbonyl (C=O) groups is 3. The van der Waals surface area contributed by atoms with E-state index in [4.69, 9.17) is 9.47 Å². The van der Waals surface area contributed by atoms with Crippen LogP contribution in [0.2, 0.25) is 0 Å². The fourth-order valence-electron chi connectivity index (χ4n) is 0.908. The standard InChI is InChI=1S/C6H12O3.C4H3NO2/c1-5(4-8-3)9-6(2)7;6-3-1-2-4(7)5-3/h5H,4H2,1-3H3;1-2H,(H,5,6,7). The van der Waals surface area contributed by atoms with Crippen LogP contribution in [-0.4, -0.2) is 37.6 Å². The van der Waals surface area contributed by atoms with Gasteiger partial charge in [0.25, 0.3) is 11.8 Å². The quantitative estimate of drug-likeness (QED) is 0.534. The molecule has 1 atom stereocenters. The van der Waals surface area contributed by atoms with E-state index in [1.165, 1.54) is 19.1 Å². The number of carbonyl (C=O) groups excluding carboxylic acids is 3. The molecule has 1 N–H and O–H groups in total. The van der Waals surface area contributed by atoms with Crippen molar-refractivity contribution in [1.29, 1.82) is 0 Å². The summed E-state index contributed by atoms with van der Waals surface area (Å²) in [5.74, 6) is -0.922. The van der Waals surface area contributed by atoms with Crippen molar-refractivity contribution in [2.75, 3.05) is 13.7 Å². The summed E-state index contributed by atoms with van der Waals surface area (Å²) in [6, 6.07) is 0. The van der Waals surface area contributed by atoms with E-state index in [-0.39, 0.29) is 23.9 Å². The normalized spacial score (nSPS) is 14.9. The molecule has 0 aromatic heterocycles. The Morgan fingerprint density at radius 1 is 1.38 bits per heavy atom. The van der Waals surface area contributed by atoms with Gasteiger partial charge in [0.1, 0.15) is 6.10 Å². The first kappa shape index (κ1) is 14.3. The van der Waals surface area contributed by atoms with Crippen LogP contribution in [0.25, 0.3) is 0 Å². The summed E-state index contributed by atoms with van der Waals surface area (Å²) in [5.41, 5.74) is 0. The van der Waals surface area contributed by atoms with Crippen LogP contribution in [0.1, 0.15) is 13.8 Å². The molecule has 1 unspecified atom stereocenters. The second-order valence-electron chi connectivity index (χ2n) is 3.06. The minimum atomic E-state index is -0.329. The van der Waals surface area contributed by atoms with Crippen LogP contribution < -0.4 is 5.32 Å². The van der Waals surface area contributed by atoms with E-state index in [1.807, 2.05) is 5.32 Å². The zero-order valence-corrected chi connectivity index (χ0v) is 9.48. The first-order chi connectivity index (χ1) is 7.45. The van der Waals surface area contributed by atoms with Gasteiger partial charge in [-0.2, -0.15) is 0 Å². The van der Waals surface area contributed by atoms with Crippen molar-refractivity contribution in [3.8, 4) is 0 Å².